The van der Waals surface area contributed by atoms with Crippen LogP contribution in [0.15, 0.2) is 24.5 Å². The molecule has 0 aromatic carbocycles. The molecule has 25 heavy (non-hydrogen) atoms. The standard InChI is InChI=1S/C18H20ClN3O2S/c19-16-6-5-15(25-16)13-8-20-9-14(13)18(24)22-7-1-2-11(10-22)17(23)21-12-3-4-12/h5-6,8-9,11-12,20H,1-4,7,10H2,(H,21,23)/t11-/m0/s1. The SMILES string of the molecule is O=C(NC1CC1)[C@H]1CCCN(C(=O)c2c[nH]cc2-c2ccc(Cl)s2)C1. The van der Waals surface area contributed by atoms with Crippen molar-refractivity contribution in [3.8, 4) is 10.4 Å². The van der Waals surface area contributed by atoms with Gasteiger partial charge in [-0.15, -0.1) is 11.3 Å². The third-order valence-electron chi connectivity index (χ3n) is 4.82. The van der Waals surface area contributed by atoms with Gasteiger partial charge < -0.3 is 15.2 Å². The number of nitrogens with one attached hydrogen (secondary N) is 2. The molecule has 3 heterocycles. The van der Waals surface area contributed by atoms with Crippen LogP contribution in [0.25, 0.3) is 10.4 Å². The summed E-state index contributed by atoms with van der Waals surface area (Å²) in [7, 11) is 0. The molecule has 0 bridgehead atoms. The van der Waals surface area contributed by atoms with Crippen LogP contribution in [0.3, 0.4) is 0 Å². The van der Waals surface area contributed by atoms with Gasteiger partial charge in [0.1, 0.15) is 0 Å². The maximum Gasteiger partial charge on any atom is 0.256 e. The van der Waals surface area contributed by atoms with E-state index >= 15 is 0 Å². The van der Waals surface area contributed by atoms with E-state index in [4.69, 9.17) is 11.6 Å². The second-order valence-corrected chi connectivity index (χ2v) is 8.47. The fourth-order valence-electron chi connectivity index (χ4n) is 3.30. The number of aromatic amines is 1. The van der Waals surface area contributed by atoms with E-state index in [1.54, 1.807) is 6.20 Å². The number of nitrogens with zero attached hydrogens (tertiary/aromatic N) is 1. The van der Waals surface area contributed by atoms with Crippen molar-refractivity contribution in [2.45, 2.75) is 31.7 Å². The Morgan fingerprint density at radius 2 is 2.08 bits per heavy atom. The summed E-state index contributed by atoms with van der Waals surface area (Å²) in [5, 5.41) is 3.06. The van der Waals surface area contributed by atoms with Crippen molar-refractivity contribution in [3.63, 3.8) is 0 Å². The van der Waals surface area contributed by atoms with Gasteiger partial charge >= 0.3 is 0 Å². The number of halogens is 1. The van der Waals surface area contributed by atoms with Crippen LogP contribution >= 0.6 is 22.9 Å². The highest BCUT2D eigenvalue weighted by atomic mass is 35.5. The van der Waals surface area contributed by atoms with Crippen LogP contribution in [0.1, 0.15) is 36.0 Å². The van der Waals surface area contributed by atoms with Gasteiger partial charge in [-0.1, -0.05) is 11.6 Å². The van der Waals surface area contributed by atoms with Crippen molar-refractivity contribution in [1.82, 2.24) is 15.2 Å². The van der Waals surface area contributed by atoms with Crippen LogP contribution in [-0.2, 0) is 4.79 Å². The minimum Gasteiger partial charge on any atom is -0.366 e. The Morgan fingerprint density at radius 1 is 1.24 bits per heavy atom. The molecule has 0 spiro atoms. The molecule has 1 aliphatic carbocycles. The third-order valence-corrected chi connectivity index (χ3v) is 6.08. The summed E-state index contributed by atoms with van der Waals surface area (Å²) in [6.45, 7) is 1.19. The summed E-state index contributed by atoms with van der Waals surface area (Å²) in [6, 6.07) is 4.12. The van der Waals surface area contributed by atoms with Gasteiger partial charge in [0, 0.05) is 42.0 Å². The molecular formula is C18H20ClN3O2S. The molecule has 5 nitrogen and oxygen atoms in total. The first-order valence-corrected chi connectivity index (χ1v) is 9.83. The van der Waals surface area contributed by atoms with Gasteiger partial charge in [0.15, 0.2) is 0 Å². The molecular weight excluding hydrogens is 358 g/mol. The number of hydrogen-bond donors (Lipinski definition) is 2. The quantitative estimate of drug-likeness (QED) is 0.856. The van der Waals surface area contributed by atoms with Gasteiger partial charge in [0.2, 0.25) is 5.91 Å². The van der Waals surface area contributed by atoms with Gasteiger partial charge in [-0.3, -0.25) is 9.59 Å². The van der Waals surface area contributed by atoms with Crippen molar-refractivity contribution >= 4 is 34.8 Å². The van der Waals surface area contributed by atoms with Crippen molar-refractivity contribution in [2.75, 3.05) is 13.1 Å². The maximum absolute atomic E-state index is 13.0. The first-order chi connectivity index (χ1) is 12.1. The lowest BCUT2D eigenvalue weighted by atomic mass is 9.96. The van der Waals surface area contributed by atoms with E-state index in [2.05, 4.69) is 10.3 Å². The second-order valence-electron chi connectivity index (χ2n) is 6.76. The lowest BCUT2D eigenvalue weighted by molar-refractivity contribution is -0.126. The van der Waals surface area contributed by atoms with Gasteiger partial charge in [-0.05, 0) is 37.8 Å². The Labute approximate surface area is 155 Å². The molecule has 2 aromatic rings. The Bertz CT molecular complexity index is 796. The molecule has 2 fully saturated rings. The van der Waals surface area contributed by atoms with E-state index in [1.165, 1.54) is 11.3 Å². The van der Waals surface area contributed by atoms with Gasteiger partial charge in [-0.2, -0.15) is 0 Å². The molecule has 2 aliphatic rings. The van der Waals surface area contributed by atoms with E-state index in [0.717, 1.165) is 36.1 Å². The first-order valence-electron chi connectivity index (χ1n) is 8.64. The second kappa shape index (κ2) is 6.84. The van der Waals surface area contributed by atoms with Crippen molar-refractivity contribution < 1.29 is 9.59 Å². The van der Waals surface area contributed by atoms with Crippen LogP contribution in [0.2, 0.25) is 4.34 Å². The molecule has 7 heteroatoms. The lowest BCUT2D eigenvalue weighted by Gasteiger charge is -2.32. The van der Waals surface area contributed by atoms with Crippen LogP contribution in [-0.4, -0.2) is 40.8 Å². The molecule has 4 rings (SSSR count). The molecule has 1 aliphatic heterocycles. The molecule has 1 saturated carbocycles. The highest BCUT2D eigenvalue weighted by Crippen LogP contribution is 2.34. The number of thiophene rings is 1. The molecule has 0 unspecified atom stereocenters. The van der Waals surface area contributed by atoms with Crippen LogP contribution in [0.4, 0.5) is 0 Å². The largest absolute Gasteiger partial charge is 0.366 e. The van der Waals surface area contributed by atoms with E-state index in [0.29, 0.717) is 29.0 Å². The number of amides is 2. The number of hydrogen-bond acceptors (Lipinski definition) is 3. The number of piperidine rings is 1. The summed E-state index contributed by atoms with van der Waals surface area (Å²) in [5.74, 6) is -0.0269. The Balaban J connectivity index is 1.49. The average molecular weight is 378 g/mol. The Hall–Kier alpha value is -1.79. The molecule has 132 valence electrons. The normalized spacial score (nSPS) is 20.5. The number of H-pyrrole nitrogens is 1. The summed E-state index contributed by atoms with van der Waals surface area (Å²) in [4.78, 5) is 31.1. The number of likely N-dealkylation sites (tertiary alicyclic amines) is 1. The van der Waals surface area contributed by atoms with Gasteiger partial charge in [-0.25, -0.2) is 0 Å². The monoisotopic (exact) mass is 377 g/mol. The fraction of sp³-hybridized carbons (Fsp3) is 0.444. The van der Waals surface area contributed by atoms with Crippen molar-refractivity contribution in [3.05, 3.63) is 34.4 Å². The van der Waals surface area contributed by atoms with Crippen LogP contribution in [0, 0.1) is 5.92 Å². The zero-order chi connectivity index (χ0) is 17.4. The number of rotatable bonds is 4. The van der Waals surface area contributed by atoms with Gasteiger partial charge in [0.25, 0.3) is 5.91 Å². The van der Waals surface area contributed by atoms with E-state index in [9.17, 15) is 9.59 Å². The summed E-state index contributed by atoms with van der Waals surface area (Å²) < 4.78 is 0.699. The van der Waals surface area contributed by atoms with Crippen molar-refractivity contribution in [2.24, 2.45) is 5.92 Å². The van der Waals surface area contributed by atoms with Crippen molar-refractivity contribution in [1.29, 1.82) is 0 Å². The minimum atomic E-state index is -0.100. The highest BCUT2D eigenvalue weighted by Gasteiger charge is 2.33. The summed E-state index contributed by atoms with van der Waals surface area (Å²) in [6.07, 6.45) is 7.44. The predicted molar refractivity (Wildman–Crippen MR) is 98.9 cm³/mol. The third kappa shape index (κ3) is 3.60. The highest BCUT2D eigenvalue weighted by molar-refractivity contribution is 7.19. The predicted octanol–water partition coefficient (Wildman–Crippen LogP) is 3.53. The number of carbonyl (C=O) groups is 2. The zero-order valence-electron chi connectivity index (χ0n) is 13.8. The number of carbonyl (C=O) groups excluding carboxylic acids is 2. The first kappa shape index (κ1) is 16.7. The lowest BCUT2D eigenvalue weighted by Crippen LogP contribution is -2.45. The van der Waals surface area contributed by atoms with Gasteiger partial charge in [0.05, 0.1) is 15.8 Å². The Morgan fingerprint density at radius 3 is 2.80 bits per heavy atom. The summed E-state index contributed by atoms with van der Waals surface area (Å²) in [5.41, 5.74) is 1.51. The average Bonchev–Trinajstić information content (AvgIpc) is 3.12. The Kier molecular flexibility index (Phi) is 4.56. The molecule has 0 radical (unpaired) electrons. The van der Waals surface area contributed by atoms with Crippen LogP contribution < -0.4 is 5.32 Å². The summed E-state index contributed by atoms with van der Waals surface area (Å²) >= 11 is 7.48. The molecule has 2 N–H and O–H groups in total. The maximum atomic E-state index is 13.0. The number of aromatic nitrogens is 1. The molecule has 1 atom stereocenters. The van der Waals surface area contributed by atoms with E-state index in [1.807, 2.05) is 23.2 Å². The van der Waals surface area contributed by atoms with Crippen LogP contribution in [0.5, 0.6) is 0 Å². The molecule has 1 saturated heterocycles. The molecule has 2 amide bonds. The van der Waals surface area contributed by atoms with E-state index in [-0.39, 0.29) is 17.7 Å². The van der Waals surface area contributed by atoms with E-state index < -0.39 is 0 Å². The smallest absolute Gasteiger partial charge is 0.256 e. The fourth-order valence-corrected chi connectivity index (χ4v) is 4.37. The molecule has 2 aromatic heterocycles. The topological polar surface area (TPSA) is 65.2 Å². The minimum absolute atomic E-state index is 0.0234. The zero-order valence-corrected chi connectivity index (χ0v) is 15.3.